The van der Waals surface area contributed by atoms with E-state index in [-0.39, 0.29) is 23.5 Å². The van der Waals surface area contributed by atoms with Crippen molar-refractivity contribution in [3.05, 3.63) is 70.4 Å². The average molecular weight is 606 g/mol. The maximum absolute atomic E-state index is 13.6. The number of amides is 2. The summed E-state index contributed by atoms with van der Waals surface area (Å²) >= 11 is 3.00. The van der Waals surface area contributed by atoms with Crippen molar-refractivity contribution < 1.29 is 14.4 Å². The predicted molar refractivity (Wildman–Crippen MR) is 173 cm³/mol. The number of nitrogens with one attached hydrogen (secondary N) is 1. The predicted octanol–water partition coefficient (Wildman–Crippen LogP) is 8.08. The van der Waals surface area contributed by atoms with Crippen molar-refractivity contribution in [2.45, 2.75) is 82.8 Å². The number of piperidine rings is 1. The second-order valence-corrected chi connectivity index (χ2v) is 14.1. The number of carbonyl (C=O) groups excluding carboxylic acids is 3. The highest BCUT2D eigenvalue weighted by Gasteiger charge is 2.28. The molecule has 224 valence electrons. The normalized spacial score (nSPS) is 14.7. The van der Waals surface area contributed by atoms with E-state index in [0.717, 1.165) is 45.1 Å². The van der Waals surface area contributed by atoms with Crippen molar-refractivity contribution in [3.8, 4) is 0 Å². The summed E-state index contributed by atoms with van der Waals surface area (Å²) in [6.45, 7) is 13.8. The largest absolute Gasteiger partial charge is 0.343 e. The fraction of sp³-hybridized carbons (Fsp3) is 0.471. The molecule has 3 aromatic rings. The van der Waals surface area contributed by atoms with Crippen LogP contribution in [0, 0.1) is 24.7 Å². The van der Waals surface area contributed by atoms with Crippen LogP contribution in [-0.4, -0.2) is 40.6 Å². The van der Waals surface area contributed by atoms with Gasteiger partial charge in [0, 0.05) is 42.0 Å². The first-order valence-corrected chi connectivity index (χ1v) is 16.7. The Bertz CT molecular complexity index is 1410. The minimum Gasteiger partial charge on any atom is -0.343 e. The molecule has 2 heterocycles. The highest BCUT2D eigenvalue weighted by atomic mass is 32.2. The van der Waals surface area contributed by atoms with Crippen molar-refractivity contribution in [1.82, 2.24) is 9.88 Å². The van der Waals surface area contributed by atoms with Gasteiger partial charge in [-0.25, -0.2) is 4.98 Å². The van der Waals surface area contributed by atoms with Gasteiger partial charge in [-0.15, -0.1) is 0 Å². The molecule has 2 amide bonds. The SMILES string of the molecule is CCc1cc(C)c(Sc2cnc(NC(=O)c3ccc(CCC(C)C(C)C)cc3)s2)cc1C(=O)C1CCN(C(C)=O)CC1. The molecule has 6 nitrogen and oxygen atoms in total. The van der Waals surface area contributed by atoms with Gasteiger partial charge in [0.25, 0.3) is 5.91 Å². The zero-order chi connectivity index (χ0) is 30.4. The summed E-state index contributed by atoms with van der Waals surface area (Å²) in [4.78, 5) is 45.5. The standard InChI is InChI=1S/C34H43N3O3S2/c1-7-26-18-23(5)30(19-29(26)32(39)27-14-16-37(17-15-27)24(6)38)41-31-20-35-34(42-31)36-33(40)28-12-10-25(11-13-28)9-8-22(4)21(2)3/h10-13,18-22,27H,7-9,14-17H2,1-6H3,(H,35,36,40). The van der Waals surface area contributed by atoms with Crippen molar-refractivity contribution in [3.63, 3.8) is 0 Å². The summed E-state index contributed by atoms with van der Waals surface area (Å²) < 4.78 is 0.945. The number of carbonyl (C=O) groups is 3. The first-order valence-electron chi connectivity index (χ1n) is 15.0. The van der Waals surface area contributed by atoms with Crippen LogP contribution in [0.5, 0.6) is 0 Å². The molecule has 42 heavy (non-hydrogen) atoms. The van der Waals surface area contributed by atoms with Gasteiger partial charge >= 0.3 is 0 Å². The number of anilines is 1. The second kappa shape index (κ2) is 14.5. The Morgan fingerprint density at radius 3 is 2.40 bits per heavy atom. The van der Waals surface area contributed by atoms with Crippen molar-refractivity contribution >= 4 is 45.8 Å². The molecule has 0 radical (unpaired) electrons. The number of nitrogens with zero attached hydrogens (tertiary/aromatic N) is 2. The summed E-state index contributed by atoms with van der Waals surface area (Å²) in [5.41, 5.74) is 4.82. The summed E-state index contributed by atoms with van der Waals surface area (Å²) in [6, 6.07) is 12.0. The molecule has 1 unspecified atom stereocenters. The molecule has 0 aliphatic carbocycles. The van der Waals surface area contributed by atoms with Gasteiger partial charge in [-0.3, -0.25) is 19.7 Å². The number of aromatic nitrogens is 1. The molecule has 1 fully saturated rings. The van der Waals surface area contributed by atoms with E-state index in [0.29, 0.717) is 48.5 Å². The van der Waals surface area contributed by atoms with Crippen LogP contribution in [0.4, 0.5) is 5.13 Å². The smallest absolute Gasteiger partial charge is 0.257 e. The van der Waals surface area contributed by atoms with Gasteiger partial charge < -0.3 is 4.90 Å². The molecule has 1 aliphatic rings. The van der Waals surface area contributed by atoms with E-state index in [1.165, 1.54) is 16.9 Å². The molecule has 2 aromatic carbocycles. The van der Waals surface area contributed by atoms with Crippen LogP contribution in [0.15, 0.2) is 51.7 Å². The average Bonchev–Trinajstić information content (AvgIpc) is 3.42. The van der Waals surface area contributed by atoms with E-state index < -0.39 is 0 Å². The molecule has 0 saturated carbocycles. The Morgan fingerprint density at radius 1 is 1.10 bits per heavy atom. The van der Waals surface area contributed by atoms with Crippen molar-refractivity contribution in [2.24, 2.45) is 17.8 Å². The van der Waals surface area contributed by atoms with E-state index in [2.05, 4.69) is 51.0 Å². The lowest BCUT2D eigenvalue weighted by Crippen LogP contribution is -2.39. The Balaban J connectivity index is 1.40. The van der Waals surface area contributed by atoms with Gasteiger partial charge in [-0.1, -0.05) is 69.0 Å². The molecule has 1 atom stereocenters. The monoisotopic (exact) mass is 605 g/mol. The molecular weight excluding hydrogens is 563 g/mol. The number of rotatable bonds is 11. The van der Waals surface area contributed by atoms with Gasteiger partial charge in [-0.05, 0) is 85.8 Å². The molecule has 1 aliphatic heterocycles. The molecule has 0 spiro atoms. The fourth-order valence-corrected chi connectivity index (χ4v) is 7.19. The topological polar surface area (TPSA) is 79.4 Å². The highest BCUT2D eigenvalue weighted by molar-refractivity contribution is 8.01. The third kappa shape index (κ3) is 8.10. The third-order valence-corrected chi connectivity index (χ3v) is 10.7. The summed E-state index contributed by atoms with van der Waals surface area (Å²) in [7, 11) is 0. The van der Waals surface area contributed by atoms with Gasteiger partial charge in [0.2, 0.25) is 5.91 Å². The molecular formula is C34H43N3O3S2. The number of ketones is 1. The maximum Gasteiger partial charge on any atom is 0.257 e. The zero-order valence-corrected chi connectivity index (χ0v) is 27.3. The molecule has 4 rings (SSSR count). The molecule has 0 bridgehead atoms. The lowest BCUT2D eigenvalue weighted by molar-refractivity contribution is -0.130. The van der Waals surface area contributed by atoms with E-state index >= 15 is 0 Å². The van der Waals surface area contributed by atoms with E-state index in [4.69, 9.17) is 0 Å². The second-order valence-electron chi connectivity index (χ2n) is 11.8. The summed E-state index contributed by atoms with van der Waals surface area (Å²) in [5.74, 6) is 1.36. The maximum atomic E-state index is 13.6. The van der Waals surface area contributed by atoms with Crippen molar-refractivity contribution in [2.75, 3.05) is 18.4 Å². The number of thiazole rings is 1. The fourth-order valence-electron chi connectivity index (χ4n) is 5.25. The Morgan fingerprint density at radius 2 is 1.79 bits per heavy atom. The van der Waals surface area contributed by atoms with E-state index in [9.17, 15) is 14.4 Å². The van der Waals surface area contributed by atoms with Crippen molar-refractivity contribution in [1.29, 1.82) is 0 Å². The number of benzene rings is 2. The number of likely N-dealkylation sites (tertiary alicyclic amines) is 1. The quantitative estimate of drug-likeness (QED) is 0.224. The van der Waals surface area contributed by atoms with Gasteiger partial charge in [0.15, 0.2) is 10.9 Å². The molecule has 1 aromatic heterocycles. The lowest BCUT2D eigenvalue weighted by atomic mass is 9.86. The number of hydrogen-bond acceptors (Lipinski definition) is 6. The zero-order valence-electron chi connectivity index (χ0n) is 25.7. The Labute approximate surface area is 258 Å². The number of hydrogen-bond donors (Lipinski definition) is 1. The molecule has 8 heteroatoms. The number of aryl methyl sites for hydroxylation is 3. The van der Waals surface area contributed by atoms with Crippen LogP contribution in [0.2, 0.25) is 0 Å². The van der Waals surface area contributed by atoms with Crippen LogP contribution >= 0.6 is 23.1 Å². The van der Waals surface area contributed by atoms with E-state index in [1.54, 1.807) is 24.9 Å². The Hall–Kier alpha value is -2.97. The van der Waals surface area contributed by atoms with Gasteiger partial charge in [0.05, 0.1) is 10.4 Å². The van der Waals surface area contributed by atoms with Gasteiger partial charge in [-0.2, -0.15) is 0 Å². The van der Waals surface area contributed by atoms with E-state index in [1.807, 2.05) is 35.2 Å². The van der Waals surface area contributed by atoms with Gasteiger partial charge in [0.1, 0.15) is 0 Å². The molecule has 1 saturated heterocycles. The van der Waals surface area contributed by atoms with Crippen LogP contribution in [0.1, 0.15) is 91.3 Å². The van der Waals surface area contributed by atoms with Crippen LogP contribution in [0.3, 0.4) is 0 Å². The van der Waals surface area contributed by atoms with Crippen LogP contribution in [-0.2, 0) is 17.6 Å². The minimum absolute atomic E-state index is 0.0608. The third-order valence-electron chi connectivity index (χ3n) is 8.52. The Kier molecular flexibility index (Phi) is 11.0. The highest BCUT2D eigenvalue weighted by Crippen LogP contribution is 2.38. The molecule has 1 N–H and O–H groups in total. The summed E-state index contributed by atoms with van der Waals surface area (Å²) in [6.07, 6.45) is 6.12. The summed E-state index contributed by atoms with van der Waals surface area (Å²) in [5, 5.41) is 3.49. The first kappa shape index (κ1) is 32.0. The minimum atomic E-state index is -0.171. The first-order chi connectivity index (χ1) is 20.0. The lowest BCUT2D eigenvalue weighted by Gasteiger charge is -2.31. The number of Topliss-reactive ketones (excluding diaryl/α,β-unsaturated/α-hetero) is 1. The van der Waals surface area contributed by atoms with Crippen LogP contribution < -0.4 is 5.32 Å². The van der Waals surface area contributed by atoms with Crippen LogP contribution in [0.25, 0.3) is 0 Å².